The second-order valence-electron chi connectivity index (χ2n) is 3.36. The molecule has 1 N–H and O–H groups in total. The first-order valence-electron chi connectivity index (χ1n) is 5.16. The number of halogens is 2. The van der Waals surface area contributed by atoms with E-state index in [4.69, 9.17) is 23.2 Å². The highest BCUT2D eigenvalue weighted by atomic mass is 35.5. The largest absolute Gasteiger partial charge is 0.382 e. The van der Waals surface area contributed by atoms with Crippen LogP contribution < -0.4 is 5.32 Å². The molecule has 1 aromatic heterocycles. The summed E-state index contributed by atoms with van der Waals surface area (Å²) in [7, 11) is 0. The Morgan fingerprint density at radius 1 is 1.20 bits per heavy atom. The van der Waals surface area contributed by atoms with E-state index in [1.807, 2.05) is 0 Å². The summed E-state index contributed by atoms with van der Waals surface area (Å²) in [6.07, 6.45) is 4.87. The van der Waals surface area contributed by atoms with Crippen molar-refractivity contribution in [2.45, 2.75) is 32.6 Å². The summed E-state index contributed by atoms with van der Waals surface area (Å²) >= 11 is 11.5. The normalized spacial score (nSPS) is 10.3. The second-order valence-corrected chi connectivity index (χ2v) is 4.10. The zero-order valence-electron chi connectivity index (χ0n) is 8.76. The SMILES string of the molecule is CCCCCCNc1cc(Cl)nnc1Cl. The van der Waals surface area contributed by atoms with Crippen LogP contribution in [0, 0.1) is 0 Å². The van der Waals surface area contributed by atoms with E-state index in [2.05, 4.69) is 22.4 Å². The van der Waals surface area contributed by atoms with Crippen LogP contribution in [0.1, 0.15) is 32.6 Å². The lowest BCUT2D eigenvalue weighted by molar-refractivity contribution is 0.685. The van der Waals surface area contributed by atoms with E-state index < -0.39 is 0 Å². The molecular formula is C10H15Cl2N3. The first-order valence-corrected chi connectivity index (χ1v) is 5.92. The van der Waals surface area contributed by atoms with Crippen LogP contribution in [-0.2, 0) is 0 Å². The zero-order valence-corrected chi connectivity index (χ0v) is 10.3. The predicted octanol–water partition coefficient (Wildman–Crippen LogP) is 3.78. The summed E-state index contributed by atoms with van der Waals surface area (Å²) in [5, 5.41) is 11.3. The maximum absolute atomic E-state index is 5.84. The van der Waals surface area contributed by atoms with Crippen molar-refractivity contribution in [3.05, 3.63) is 16.4 Å². The van der Waals surface area contributed by atoms with Gasteiger partial charge in [0, 0.05) is 12.6 Å². The van der Waals surface area contributed by atoms with Crippen molar-refractivity contribution in [3.63, 3.8) is 0 Å². The molecule has 1 heterocycles. The Kier molecular flexibility index (Phi) is 5.73. The van der Waals surface area contributed by atoms with Gasteiger partial charge in [0.05, 0.1) is 5.69 Å². The van der Waals surface area contributed by atoms with Crippen LogP contribution in [0.3, 0.4) is 0 Å². The Labute approximate surface area is 100 Å². The monoisotopic (exact) mass is 247 g/mol. The number of hydrogen-bond donors (Lipinski definition) is 1. The van der Waals surface area contributed by atoms with Crippen molar-refractivity contribution in [2.75, 3.05) is 11.9 Å². The van der Waals surface area contributed by atoms with E-state index in [9.17, 15) is 0 Å². The fourth-order valence-corrected chi connectivity index (χ4v) is 1.56. The van der Waals surface area contributed by atoms with E-state index in [1.54, 1.807) is 6.07 Å². The van der Waals surface area contributed by atoms with E-state index in [1.165, 1.54) is 19.3 Å². The minimum absolute atomic E-state index is 0.357. The standard InChI is InChI=1S/C10H15Cl2N3/c1-2-3-4-5-6-13-8-7-9(11)14-15-10(8)12/h7H,2-6H2,1H3,(H,13,14). The van der Waals surface area contributed by atoms with Gasteiger partial charge in [-0.05, 0) is 6.42 Å². The Hall–Kier alpha value is -0.540. The average molecular weight is 248 g/mol. The van der Waals surface area contributed by atoms with E-state index in [0.29, 0.717) is 10.3 Å². The summed E-state index contributed by atoms with van der Waals surface area (Å²) in [6.45, 7) is 3.08. The summed E-state index contributed by atoms with van der Waals surface area (Å²) in [5.74, 6) is 0. The molecule has 0 aliphatic rings. The van der Waals surface area contributed by atoms with Crippen LogP contribution in [0.5, 0.6) is 0 Å². The summed E-state index contributed by atoms with van der Waals surface area (Å²) in [5.41, 5.74) is 0.758. The molecule has 0 bridgehead atoms. The molecule has 0 radical (unpaired) electrons. The van der Waals surface area contributed by atoms with Crippen LogP contribution in [0.4, 0.5) is 5.69 Å². The number of rotatable bonds is 6. The van der Waals surface area contributed by atoms with Crippen LogP contribution in [-0.4, -0.2) is 16.7 Å². The van der Waals surface area contributed by atoms with E-state index >= 15 is 0 Å². The molecule has 5 heteroatoms. The minimum Gasteiger partial charge on any atom is -0.382 e. The quantitative estimate of drug-likeness (QED) is 0.778. The van der Waals surface area contributed by atoms with Crippen molar-refractivity contribution < 1.29 is 0 Å². The lowest BCUT2D eigenvalue weighted by Gasteiger charge is -2.06. The number of nitrogens with zero attached hydrogens (tertiary/aromatic N) is 2. The molecule has 0 fully saturated rings. The van der Waals surface area contributed by atoms with E-state index in [0.717, 1.165) is 18.7 Å². The molecule has 0 unspecified atom stereocenters. The molecule has 1 aromatic rings. The summed E-state index contributed by atoms with van der Waals surface area (Å²) in [4.78, 5) is 0. The highest BCUT2D eigenvalue weighted by molar-refractivity contribution is 6.33. The minimum atomic E-state index is 0.357. The third-order valence-corrected chi connectivity index (χ3v) is 2.53. The molecule has 0 aromatic carbocycles. The number of aromatic nitrogens is 2. The third-order valence-electron chi connectivity index (χ3n) is 2.06. The maximum Gasteiger partial charge on any atom is 0.174 e. The van der Waals surface area contributed by atoms with Gasteiger partial charge in [-0.1, -0.05) is 49.4 Å². The Bertz CT molecular complexity index is 305. The molecule has 0 aliphatic carbocycles. The predicted molar refractivity (Wildman–Crippen MR) is 64.7 cm³/mol. The van der Waals surface area contributed by atoms with Gasteiger partial charge in [0.15, 0.2) is 10.3 Å². The maximum atomic E-state index is 5.84. The molecule has 84 valence electrons. The lowest BCUT2D eigenvalue weighted by atomic mass is 10.2. The Morgan fingerprint density at radius 3 is 2.73 bits per heavy atom. The van der Waals surface area contributed by atoms with Gasteiger partial charge in [-0.15, -0.1) is 10.2 Å². The molecule has 0 saturated heterocycles. The van der Waals surface area contributed by atoms with Gasteiger partial charge in [0.2, 0.25) is 0 Å². The fourth-order valence-electron chi connectivity index (χ4n) is 1.25. The van der Waals surface area contributed by atoms with Crippen molar-refractivity contribution in [1.82, 2.24) is 10.2 Å². The van der Waals surface area contributed by atoms with Crippen molar-refractivity contribution in [3.8, 4) is 0 Å². The number of nitrogens with one attached hydrogen (secondary N) is 1. The molecule has 3 nitrogen and oxygen atoms in total. The topological polar surface area (TPSA) is 37.8 Å². The molecule has 0 spiro atoms. The fraction of sp³-hybridized carbons (Fsp3) is 0.600. The van der Waals surface area contributed by atoms with Gasteiger partial charge in [0.25, 0.3) is 0 Å². The van der Waals surface area contributed by atoms with Crippen LogP contribution in [0.2, 0.25) is 10.3 Å². The average Bonchev–Trinajstić information content (AvgIpc) is 2.23. The zero-order chi connectivity index (χ0) is 11.1. The molecule has 0 atom stereocenters. The number of anilines is 1. The van der Waals surface area contributed by atoms with Crippen LogP contribution in [0.25, 0.3) is 0 Å². The molecular weight excluding hydrogens is 233 g/mol. The summed E-state index contributed by atoms with van der Waals surface area (Å²) < 4.78 is 0. The van der Waals surface area contributed by atoms with Gasteiger partial charge in [-0.25, -0.2) is 0 Å². The van der Waals surface area contributed by atoms with Gasteiger partial charge in [0.1, 0.15) is 0 Å². The molecule has 0 aliphatic heterocycles. The third kappa shape index (κ3) is 4.67. The highest BCUT2D eigenvalue weighted by Gasteiger charge is 2.02. The van der Waals surface area contributed by atoms with Crippen LogP contribution >= 0.6 is 23.2 Å². The van der Waals surface area contributed by atoms with Crippen LogP contribution in [0.15, 0.2) is 6.07 Å². The molecule has 1 rings (SSSR count). The van der Waals surface area contributed by atoms with Crippen molar-refractivity contribution >= 4 is 28.9 Å². The smallest absolute Gasteiger partial charge is 0.174 e. The van der Waals surface area contributed by atoms with E-state index in [-0.39, 0.29) is 0 Å². The second kappa shape index (κ2) is 6.85. The van der Waals surface area contributed by atoms with Gasteiger partial charge >= 0.3 is 0 Å². The first kappa shape index (κ1) is 12.5. The lowest BCUT2D eigenvalue weighted by Crippen LogP contribution is -2.03. The van der Waals surface area contributed by atoms with Crippen molar-refractivity contribution in [1.29, 1.82) is 0 Å². The molecule has 15 heavy (non-hydrogen) atoms. The number of hydrogen-bond acceptors (Lipinski definition) is 3. The molecule has 0 amide bonds. The van der Waals surface area contributed by atoms with Gasteiger partial charge < -0.3 is 5.32 Å². The summed E-state index contributed by atoms with van der Waals surface area (Å²) in [6, 6.07) is 1.69. The Morgan fingerprint density at radius 2 is 2.00 bits per heavy atom. The highest BCUT2D eigenvalue weighted by Crippen LogP contribution is 2.20. The van der Waals surface area contributed by atoms with Crippen molar-refractivity contribution in [2.24, 2.45) is 0 Å². The molecule has 0 saturated carbocycles. The first-order chi connectivity index (χ1) is 7.24. The Balaban J connectivity index is 2.33. The van der Waals surface area contributed by atoms with Gasteiger partial charge in [-0.3, -0.25) is 0 Å². The number of unbranched alkanes of at least 4 members (excludes halogenated alkanes) is 3. The van der Waals surface area contributed by atoms with Gasteiger partial charge in [-0.2, -0.15) is 0 Å².